The Bertz CT molecular complexity index is 2120. The van der Waals surface area contributed by atoms with E-state index in [0.717, 1.165) is 37.7 Å². The molecule has 248 valence electrons. The molecule has 2 heterocycles. The molecule has 0 unspecified atom stereocenters. The number of benzene rings is 4. The molecule has 5 aromatic rings. The number of aryl methyl sites for hydroxylation is 1. The summed E-state index contributed by atoms with van der Waals surface area (Å²) in [5.74, 6) is -5.13. The van der Waals surface area contributed by atoms with Crippen LogP contribution in [0.25, 0.3) is 32.8 Å². The molecule has 1 aliphatic heterocycles. The number of carboxylic acid groups (broad SMARTS) is 1. The molecule has 4 aromatic carbocycles. The van der Waals surface area contributed by atoms with E-state index in [0.29, 0.717) is 29.5 Å². The van der Waals surface area contributed by atoms with E-state index < -0.39 is 58.0 Å². The van der Waals surface area contributed by atoms with Gasteiger partial charge in [0, 0.05) is 25.4 Å². The second-order valence-electron chi connectivity index (χ2n) is 11.9. The summed E-state index contributed by atoms with van der Waals surface area (Å²) in [5.41, 5.74) is -2.25. The largest absolute Gasteiger partial charge is 0.480 e. The van der Waals surface area contributed by atoms with Crippen LogP contribution in [0.15, 0.2) is 77.6 Å². The average molecular weight is 664 g/mol. The van der Waals surface area contributed by atoms with Gasteiger partial charge in [-0.3, -0.25) is 9.59 Å². The van der Waals surface area contributed by atoms with Crippen molar-refractivity contribution < 1.29 is 36.6 Å². The van der Waals surface area contributed by atoms with E-state index in [2.05, 4.69) is 10.2 Å². The Hall–Kier alpha value is -5.10. The first kappa shape index (κ1) is 32.8. The third kappa shape index (κ3) is 6.15. The van der Waals surface area contributed by atoms with Crippen LogP contribution in [0.1, 0.15) is 33.5 Å². The van der Waals surface area contributed by atoms with E-state index in [1.807, 2.05) is 0 Å². The van der Waals surface area contributed by atoms with E-state index >= 15 is 13.2 Å². The fourth-order valence-corrected chi connectivity index (χ4v) is 6.32. The van der Waals surface area contributed by atoms with Crippen LogP contribution >= 0.6 is 0 Å². The van der Waals surface area contributed by atoms with Crippen LogP contribution in [-0.2, 0) is 30.9 Å². The molecule has 2 N–H and O–H groups in total. The number of alkyl halides is 3. The molecule has 1 aromatic heterocycles. The minimum atomic E-state index is -4.91. The van der Waals surface area contributed by atoms with Crippen molar-refractivity contribution in [2.45, 2.75) is 31.5 Å². The zero-order chi connectivity index (χ0) is 34.3. The Morgan fingerprint density at radius 1 is 0.917 bits per heavy atom. The quantitative estimate of drug-likeness (QED) is 0.180. The van der Waals surface area contributed by atoms with Crippen LogP contribution < -0.4 is 10.9 Å². The summed E-state index contributed by atoms with van der Waals surface area (Å²) in [6.45, 7) is 2.62. The van der Waals surface area contributed by atoms with Gasteiger partial charge in [-0.15, -0.1) is 0 Å². The van der Waals surface area contributed by atoms with Crippen LogP contribution in [0.2, 0.25) is 0 Å². The first-order valence-electron chi connectivity index (χ1n) is 15.3. The highest BCUT2D eigenvalue weighted by Gasteiger charge is 2.38. The molecule has 48 heavy (non-hydrogen) atoms. The summed E-state index contributed by atoms with van der Waals surface area (Å²) in [6.07, 6.45) is -3.64. The normalized spacial score (nSPS) is 14.2. The molecular formula is C36H30F5N3O4. The number of fused-ring (bicyclic) bond motifs is 2. The Morgan fingerprint density at radius 2 is 1.58 bits per heavy atom. The molecule has 0 bridgehead atoms. The van der Waals surface area contributed by atoms with Crippen LogP contribution in [0, 0.1) is 11.6 Å². The van der Waals surface area contributed by atoms with Gasteiger partial charge < -0.3 is 19.9 Å². The number of aromatic nitrogens is 1. The number of nitrogens with zero attached hydrogens (tertiary/aromatic N) is 2. The molecule has 1 amide bonds. The summed E-state index contributed by atoms with van der Waals surface area (Å²) >= 11 is 0. The Balaban J connectivity index is 1.45. The lowest BCUT2D eigenvalue weighted by Gasteiger charge is -2.30. The van der Waals surface area contributed by atoms with Gasteiger partial charge in [-0.1, -0.05) is 48.5 Å². The number of carbonyl (C=O) groups excluding carboxylic acids is 1. The van der Waals surface area contributed by atoms with E-state index in [9.17, 15) is 28.3 Å². The summed E-state index contributed by atoms with van der Waals surface area (Å²) in [5, 5.41) is 12.5. The van der Waals surface area contributed by atoms with Crippen LogP contribution in [0.5, 0.6) is 0 Å². The standard InChI is InChI=1S/C36H30F5N3O4/c1-43-29-13-12-20(14-17-44-15-5-16-44)18-25(29)32(36(39,40)41)30(34(43)46)24-9-3-7-22-21(6-2-8-23(22)24)19-28(35(47)48)42-33(45)31-26(37)10-4-11-27(31)38/h2-4,6-13,18,28H,5,14-17,19H2,1H3,(H,42,45)(H,47,48)/t28-/m0/s1. The molecule has 6 rings (SSSR count). The van der Waals surface area contributed by atoms with Gasteiger partial charge in [0.25, 0.3) is 11.5 Å². The highest BCUT2D eigenvalue weighted by atomic mass is 19.4. The number of pyridine rings is 1. The minimum absolute atomic E-state index is 0.000467. The number of rotatable bonds is 9. The monoisotopic (exact) mass is 663 g/mol. The van der Waals surface area contributed by atoms with Crippen LogP contribution in [0.4, 0.5) is 22.0 Å². The predicted molar refractivity (Wildman–Crippen MR) is 171 cm³/mol. The average Bonchev–Trinajstić information content (AvgIpc) is 3.00. The van der Waals surface area contributed by atoms with Crippen molar-refractivity contribution in [1.29, 1.82) is 0 Å². The Morgan fingerprint density at radius 3 is 2.23 bits per heavy atom. The van der Waals surface area contributed by atoms with Crippen molar-refractivity contribution >= 4 is 33.6 Å². The van der Waals surface area contributed by atoms with Gasteiger partial charge in [0.2, 0.25) is 0 Å². The van der Waals surface area contributed by atoms with Gasteiger partial charge in [-0.25, -0.2) is 13.6 Å². The van der Waals surface area contributed by atoms with Gasteiger partial charge in [0.15, 0.2) is 0 Å². The number of carboxylic acids is 1. The summed E-state index contributed by atoms with van der Waals surface area (Å²) in [6, 6.07) is 14.9. The lowest BCUT2D eigenvalue weighted by molar-refractivity contribution is -0.139. The fraction of sp³-hybridized carbons (Fsp3) is 0.250. The smallest absolute Gasteiger partial charge is 0.417 e. The SMILES string of the molecule is Cn1c(=O)c(-c2cccc3c(C[C@H](NC(=O)c4c(F)cccc4F)C(=O)O)cccc23)c(C(F)(F)F)c2cc(CCN3CCC3)ccc21. The number of hydrogen-bond acceptors (Lipinski definition) is 4. The van der Waals surface area contributed by atoms with Crippen molar-refractivity contribution in [3.8, 4) is 11.1 Å². The molecule has 0 spiro atoms. The third-order valence-corrected chi connectivity index (χ3v) is 8.91. The van der Waals surface area contributed by atoms with E-state index in [1.54, 1.807) is 12.1 Å². The second-order valence-corrected chi connectivity index (χ2v) is 11.9. The van der Waals surface area contributed by atoms with Gasteiger partial charge in [-0.2, -0.15) is 13.2 Å². The maximum absolute atomic E-state index is 15.0. The van der Waals surface area contributed by atoms with E-state index in [-0.39, 0.29) is 28.3 Å². The zero-order valence-electron chi connectivity index (χ0n) is 25.7. The first-order chi connectivity index (χ1) is 22.8. The van der Waals surface area contributed by atoms with Crippen LogP contribution in [-0.4, -0.2) is 52.1 Å². The Labute approximate surface area is 271 Å². The van der Waals surface area contributed by atoms with E-state index in [1.165, 1.54) is 54.1 Å². The number of likely N-dealkylation sites (tertiary alicyclic amines) is 1. The van der Waals surface area contributed by atoms with Crippen molar-refractivity contribution in [1.82, 2.24) is 14.8 Å². The lowest BCUT2D eigenvalue weighted by atomic mass is 9.90. The van der Waals surface area contributed by atoms with Gasteiger partial charge in [0.1, 0.15) is 23.2 Å². The molecule has 1 saturated heterocycles. The number of amides is 1. The summed E-state index contributed by atoms with van der Waals surface area (Å²) in [7, 11) is 1.42. The molecule has 1 atom stereocenters. The summed E-state index contributed by atoms with van der Waals surface area (Å²) in [4.78, 5) is 40.9. The van der Waals surface area contributed by atoms with Crippen LogP contribution in [0.3, 0.4) is 0 Å². The molecule has 0 aliphatic carbocycles. The molecule has 1 aliphatic rings. The molecule has 0 radical (unpaired) electrons. The number of carbonyl (C=O) groups is 2. The number of halogens is 5. The van der Waals surface area contributed by atoms with Gasteiger partial charge in [-0.05, 0) is 77.7 Å². The first-order valence-corrected chi connectivity index (χ1v) is 15.3. The fourth-order valence-electron chi connectivity index (χ4n) is 6.32. The number of nitrogens with one attached hydrogen (secondary N) is 1. The number of aliphatic carboxylic acids is 1. The summed E-state index contributed by atoms with van der Waals surface area (Å²) < 4.78 is 74.7. The highest BCUT2D eigenvalue weighted by Crippen LogP contribution is 2.42. The van der Waals surface area contributed by atoms with Crippen molar-refractivity contribution in [2.75, 3.05) is 19.6 Å². The molecule has 12 heteroatoms. The van der Waals surface area contributed by atoms with Crippen molar-refractivity contribution in [2.24, 2.45) is 7.05 Å². The van der Waals surface area contributed by atoms with Crippen molar-refractivity contribution in [3.05, 3.63) is 117 Å². The minimum Gasteiger partial charge on any atom is -0.480 e. The molecule has 7 nitrogen and oxygen atoms in total. The van der Waals surface area contributed by atoms with E-state index in [4.69, 9.17) is 0 Å². The molecule has 0 saturated carbocycles. The van der Waals surface area contributed by atoms with Crippen molar-refractivity contribution in [3.63, 3.8) is 0 Å². The second kappa shape index (κ2) is 12.8. The third-order valence-electron chi connectivity index (χ3n) is 8.91. The van der Waals surface area contributed by atoms with Gasteiger partial charge >= 0.3 is 12.1 Å². The maximum atomic E-state index is 15.0. The lowest BCUT2D eigenvalue weighted by Crippen LogP contribution is -2.43. The van der Waals surface area contributed by atoms with Gasteiger partial charge in [0.05, 0.1) is 16.6 Å². The number of hydrogen-bond donors (Lipinski definition) is 2. The maximum Gasteiger partial charge on any atom is 0.417 e. The highest BCUT2D eigenvalue weighted by molar-refractivity contribution is 6.02. The molecule has 1 fully saturated rings. The zero-order valence-corrected chi connectivity index (χ0v) is 25.7. The topological polar surface area (TPSA) is 91.6 Å². The predicted octanol–water partition coefficient (Wildman–Crippen LogP) is 6.33. The Kier molecular flexibility index (Phi) is 8.78. The molecular weight excluding hydrogens is 633 g/mol.